The van der Waals surface area contributed by atoms with Gasteiger partial charge in [-0.2, -0.15) is 0 Å². The van der Waals surface area contributed by atoms with Crippen LogP contribution in [0.25, 0.3) is 0 Å². The van der Waals surface area contributed by atoms with E-state index in [1.54, 1.807) is 0 Å². The van der Waals surface area contributed by atoms with Crippen LogP contribution >= 0.6 is 22.6 Å². The van der Waals surface area contributed by atoms with Gasteiger partial charge in [0.25, 0.3) is 0 Å². The third-order valence-corrected chi connectivity index (χ3v) is 2.23. The second kappa shape index (κ2) is 3.90. The zero-order valence-electron chi connectivity index (χ0n) is 6.26. The summed E-state index contributed by atoms with van der Waals surface area (Å²) < 4.78 is 6.22. The Bertz CT molecular complexity index is 228. The van der Waals surface area contributed by atoms with Gasteiger partial charge in [-0.25, -0.2) is 0 Å². The summed E-state index contributed by atoms with van der Waals surface area (Å²) in [4.78, 5) is 10.5. The minimum absolute atomic E-state index is 0.235. The zero-order valence-corrected chi connectivity index (χ0v) is 8.42. The Hall–Kier alpha value is -0.320. The van der Waals surface area contributed by atoms with E-state index in [1.807, 2.05) is 12.2 Å². The smallest absolute Gasteiger partial charge is 0.307 e. The lowest BCUT2D eigenvalue weighted by Gasteiger charge is -2.09. The molecular weight excluding hydrogens is 255 g/mol. The summed E-state index contributed by atoms with van der Waals surface area (Å²) >= 11 is 2.28. The van der Waals surface area contributed by atoms with Crippen LogP contribution in [0.3, 0.4) is 0 Å². The van der Waals surface area contributed by atoms with Gasteiger partial charge in [-0.3, -0.25) is 4.79 Å². The number of hydrogen-bond acceptors (Lipinski definition) is 2. The highest BCUT2D eigenvalue weighted by Crippen LogP contribution is 2.23. The highest BCUT2D eigenvalue weighted by molar-refractivity contribution is 14.1. The molecule has 0 unspecified atom stereocenters. The average molecular weight is 264 g/mol. The molecule has 1 aliphatic carbocycles. The topological polar surface area (TPSA) is 26.3 Å². The number of rotatable bonds is 1. The highest BCUT2D eigenvalue weighted by atomic mass is 127. The molecule has 60 valence electrons. The van der Waals surface area contributed by atoms with Gasteiger partial charge in [0, 0.05) is 13.3 Å². The molecule has 0 amide bonds. The third-order valence-electron chi connectivity index (χ3n) is 1.34. The summed E-state index contributed by atoms with van der Waals surface area (Å²) in [5.74, 6) is 0.541. The molecule has 0 aliphatic heterocycles. The molecule has 0 N–H and O–H groups in total. The normalized spacial score (nSPS) is 16.9. The largest absolute Gasteiger partial charge is 0.431 e. The molecule has 11 heavy (non-hydrogen) atoms. The number of ether oxygens (including phenoxy) is 1. The Morgan fingerprint density at radius 3 is 2.73 bits per heavy atom. The van der Waals surface area contributed by atoms with E-state index in [-0.39, 0.29) is 5.97 Å². The Morgan fingerprint density at radius 2 is 2.27 bits per heavy atom. The first kappa shape index (κ1) is 8.77. The predicted molar refractivity (Wildman–Crippen MR) is 51.2 cm³/mol. The monoisotopic (exact) mass is 264 g/mol. The quantitative estimate of drug-likeness (QED) is 0.537. The first-order chi connectivity index (χ1) is 5.18. The second-order valence-electron chi connectivity index (χ2n) is 2.34. The van der Waals surface area contributed by atoms with Crippen molar-refractivity contribution in [2.75, 3.05) is 0 Å². The molecule has 0 spiro atoms. The Kier molecular flexibility index (Phi) is 3.11. The van der Waals surface area contributed by atoms with Crippen molar-refractivity contribution in [1.29, 1.82) is 0 Å². The van der Waals surface area contributed by atoms with E-state index in [9.17, 15) is 4.79 Å². The summed E-state index contributed by atoms with van der Waals surface area (Å²) in [6.45, 7) is 1.42. The van der Waals surface area contributed by atoms with Gasteiger partial charge in [0.1, 0.15) is 5.76 Å². The van der Waals surface area contributed by atoms with Crippen molar-refractivity contribution >= 4 is 28.6 Å². The van der Waals surface area contributed by atoms with Crippen molar-refractivity contribution in [1.82, 2.24) is 0 Å². The SMILES string of the molecule is CC(=O)OC1=CC=C(I)CC1. The fourth-order valence-corrected chi connectivity index (χ4v) is 1.31. The van der Waals surface area contributed by atoms with E-state index in [1.165, 1.54) is 10.5 Å². The third kappa shape index (κ3) is 3.05. The van der Waals surface area contributed by atoms with Crippen LogP contribution in [0.15, 0.2) is 21.5 Å². The molecular formula is C8H9IO2. The lowest BCUT2D eigenvalue weighted by Crippen LogP contribution is -2.00. The van der Waals surface area contributed by atoms with Gasteiger partial charge in [0.15, 0.2) is 0 Å². The maximum absolute atomic E-state index is 10.5. The van der Waals surface area contributed by atoms with E-state index in [0.717, 1.165) is 18.6 Å². The molecule has 3 heteroatoms. The summed E-state index contributed by atoms with van der Waals surface area (Å²) in [7, 11) is 0. The van der Waals surface area contributed by atoms with Crippen molar-refractivity contribution in [2.24, 2.45) is 0 Å². The molecule has 0 saturated carbocycles. The number of halogens is 1. The summed E-state index contributed by atoms with van der Waals surface area (Å²) in [5, 5.41) is 0. The van der Waals surface area contributed by atoms with Gasteiger partial charge < -0.3 is 4.74 Å². The zero-order chi connectivity index (χ0) is 8.27. The Morgan fingerprint density at radius 1 is 1.55 bits per heavy atom. The lowest BCUT2D eigenvalue weighted by atomic mass is 10.2. The molecule has 1 aliphatic rings. The van der Waals surface area contributed by atoms with Crippen LogP contribution in [-0.4, -0.2) is 5.97 Å². The number of hydrogen-bond donors (Lipinski definition) is 0. The van der Waals surface area contributed by atoms with Crippen LogP contribution in [0.2, 0.25) is 0 Å². The number of esters is 1. The van der Waals surface area contributed by atoms with E-state index < -0.39 is 0 Å². The molecule has 0 fully saturated rings. The van der Waals surface area contributed by atoms with Crippen LogP contribution in [-0.2, 0) is 9.53 Å². The molecule has 0 bridgehead atoms. The molecule has 1 rings (SSSR count). The number of allylic oxidation sites excluding steroid dienone is 4. The maximum Gasteiger partial charge on any atom is 0.307 e. The second-order valence-corrected chi connectivity index (χ2v) is 3.73. The molecule has 0 aromatic heterocycles. The van der Waals surface area contributed by atoms with E-state index >= 15 is 0 Å². The van der Waals surface area contributed by atoms with Gasteiger partial charge in [-0.15, -0.1) is 0 Å². The predicted octanol–water partition coefficient (Wildman–Crippen LogP) is 2.55. The van der Waals surface area contributed by atoms with Gasteiger partial charge in [0.2, 0.25) is 0 Å². The van der Waals surface area contributed by atoms with E-state index in [4.69, 9.17) is 4.74 Å². The van der Waals surface area contributed by atoms with Crippen molar-refractivity contribution in [3.05, 3.63) is 21.5 Å². The number of carbonyl (C=O) groups is 1. The van der Waals surface area contributed by atoms with Gasteiger partial charge >= 0.3 is 5.97 Å². The summed E-state index contributed by atoms with van der Waals surface area (Å²) in [6, 6.07) is 0. The fourth-order valence-electron chi connectivity index (χ4n) is 0.862. The van der Waals surface area contributed by atoms with Crippen LogP contribution in [0.1, 0.15) is 19.8 Å². The van der Waals surface area contributed by atoms with Crippen LogP contribution in [0.4, 0.5) is 0 Å². The number of carbonyl (C=O) groups excluding carboxylic acids is 1. The van der Waals surface area contributed by atoms with Gasteiger partial charge in [-0.1, -0.05) is 0 Å². The first-order valence-corrected chi connectivity index (χ1v) is 4.50. The van der Waals surface area contributed by atoms with Gasteiger partial charge in [-0.05, 0) is 44.7 Å². The van der Waals surface area contributed by atoms with Crippen molar-refractivity contribution < 1.29 is 9.53 Å². The molecule has 0 radical (unpaired) electrons. The van der Waals surface area contributed by atoms with Gasteiger partial charge in [0.05, 0.1) is 0 Å². The van der Waals surface area contributed by atoms with Crippen LogP contribution in [0.5, 0.6) is 0 Å². The maximum atomic E-state index is 10.5. The minimum Gasteiger partial charge on any atom is -0.431 e. The summed E-state index contributed by atoms with van der Waals surface area (Å²) in [6.07, 6.45) is 5.66. The van der Waals surface area contributed by atoms with Crippen molar-refractivity contribution in [2.45, 2.75) is 19.8 Å². The van der Waals surface area contributed by atoms with Crippen molar-refractivity contribution in [3.8, 4) is 0 Å². The standard InChI is InChI=1S/C8H9IO2/c1-6(10)11-8-4-2-7(9)3-5-8/h2,4H,3,5H2,1H3. The molecule has 0 atom stereocenters. The van der Waals surface area contributed by atoms with E-state index in [0.29, 0.717) is 0 Å². The fraction of sp³-hybridized carbons (Fsp3) is 0.375. The molecule has 0 heterocycles. The minimum atomic E-state index is -0.235. The van der Waals surface area contributed by atoms with Crippen LogP contribution in [0, 0.1) is 0 Å². The molecule has 2 nitrogen and oxygen atoms in total. The summed E-state index contributed by atoms with van der Waals surface area (Å²) in [5.41, 5.74) is 0. The Balaban J connectivity index is 2.54. The van der Waals surface area contributed by atoms with Crippen molar-refractivity contribution in [3.63, 3.8) is 0 Å². The van der Waals surface area contributed by atoms with Crippen LogP contribution < -0.4 is 0 Å². The highest BCUT2D eigenvalue weighted by Gasteiger charge is 2.06. The molecule has 0 aromatic rings. The first-order valence-electron chi connectivity index (χ1n) is 3.42. The van der Waals surface area contributed by atoms with E-state index in [2.05, 4.69) is 22.6 Å². The average Bonchev–Trinajstić information content (AvgIpc) is 1.93. The Labute approximate surface area is 79.4 Å². The lowest BCUT2D eigenvalue weighted by molar-refractivity contribution is -0.137. The molecule has 0 saturated heterocycles. The molecule has 0 aromatic carbocycles.